The van der Waals surface area contributed by atoms with Crippen molar-refractivity contribution in [2.45, 2.75) is 38.6 Å². The lowest BCUT2D eigenvalue weighted by molar-refractivity contribution is -0.137. The van der Waals surface area contributed by atoms with Crippen molar-refractivity contribution < 1.29 is 19.1 Å². The van der Waals surface area contributed by atoms with Crippen LogP contribution in [0, 0.1) is 5.82 Å². The third kappa shape index (κ3) is 6.20. The van der Waals surface area contributed by atoms with E-state index in [1.165, 1.54) is 12.1 Å². The van der Waals surface area contributed by atoms with Crippen molar-refractivity contribution in [1.29, 1.82) is 0 Å². The summed E-state index contributed by atoms with van der Waals surface area (Å²) in [7, 11) is 0. The number of amides is 1. The zero-order valence-electron chi connectivity index (χ0n) is 19.5. The number of rotatable bonds is 9. The van der Waals surface area contributed by atoms with Crippen LogP contribution < -0.4 is 5.32 Å². The predicted molar refractivity (Wildman–Crippen MR) is 135 cm³/mol. The van der Waals surface area contributed by atoms with Gasteiger partial charge in [-0.05, 0) is 68.7 Å². The highest BCUT2D eigenvalue weighted by Gasteiger charge is 2.16. The van der Waals surface area contributed by atoms with Crippen LogP contribution in [0.4, 0.5) is 4.39 Å². The third-order valence-corrected chi connectivity index (χ3v) is 5.96. The van der Waals surface area contributed by atoms with Gasteiger partial charge in [0.25, 0.3) is 5.91 Å². The topological polar surface area (TPSA) is 105 Å². The number of pyridine rings is 1. The highest BCUT2D eigenvalue weighted by molar-refractivity contribution is 6.30. The van der Waals surface area contributed by atoms with Crippen molar-refractivity contribution in [3.8, 4) is 11.3 Å². The SMILES string of the molecule is CC(NC(=O)c1ccc2nc(-c3ccc(Cl)cc3)c(CCCCC(=O)O)nc2c1)c1ccc(F)cn1. The molecule has 0 bridgehead atoms. The van der Waals surface area contributed by atoms with E-state index in [1.54, 1.807) is 37.3 Å². The number of carbonyl (C=O) groups excluding carboxylic acids is 1. The molecule has 0 saturated carbocycles. The molecule has 1 unspecified atom stereocenters. The lowest BCUT2D eigenvalue weighted by Crippen LogP contribution is -2.27. The molecule has 0 radical (unpaired) electrons. The molecule has 0 fully saturated rings. The lowest BCUT2D eigenvalue weighted by atomic mass is 10.0. The summed E-state index contributed by atoms with van der Waals surface area (Å²) in [5.41, 5.74) is 4.40. The minimum atomic E-state index is -0.835. The predicted octanol–water partition coefficient (Wildman–Crippen LogP) is 5.77. The normalized spacial score (nSPS) is 11.9. The van der Waals surface area contributed by atoms with E-state index < -0.39 is 17.8 Å². The number of nitrogens with zero attached hydrogens (tertiary/aromatic N) is 3. The van der Waals surface area contributed by atoms with E-state index >= 15 is 0 Å². The van der Waals surface area contributed by atoms with Gasteiger partial charge < -0.3 is 10.4 Å². The molecular weight excluding hydrogens is 483 g/mol. The molecule has 36 heavy (non-hydrogen) atoms. The van der Waals surface area contributed by atoms with Gasteiger partial charge in [0.15, 0.2) is 0 Å². The first-order valence-corrected chi connectivity index (χ1v) is 11.9. The van der Waals surface area contributed by atoms with E-state index in [2.05, 4.69) is 10.3 Å². The Morgan fingerprint density at radius 2 is 1.81 bits per heavy atom. The first-order chi connectivity index (χ1) is 17.3. The van der Waals surface area contributed by atoms with E-state index in [1.807, 2.05) is 12.1 Å². The molecule has 1 amide bonds. The fourth-order valence-electron chi connectivity index (χ4n) is 3.81. The fourth-order valence-corrected chi connectivity index (χ4v) is 3.94. The molecule has 2 aromatic carbocycles. The van der Waals surface area contributed by atoms with Crippen LogP contribution in [0.1, 0.15) is 54.0 Å². The molecule has 2 heterocycles. The van der Waals surface area contributed by atoms with Gasteiger partial charge in [-0.25, -0.2) is 14.4 Å². The van der Waals surface area contributed by atoms with Crippen LogP contribution in [0.2, 0.25) is 5.02 Å². The van der Waals surface area contributed by atoms with Gasteiger partial charge in [0.05, 0.1) is 40.4 Å². The number of aryl methyl sites for hydroxylation is 1. The zero-order valence-corrected chi connectivity index (χ0v) is 20.3. The molecular formula is C27H24ClFN4O3. The molecule has 7 nitrogen and oxygen atoms in total. The van der Waals surface area contributed by atoms with E-state index in [0.29, 0.717) is 52.3 Å². The maximum absolute atomic E-state index is 13.2. The van der Waals surface area contributed by atoms with Crippen LogP contribution in [0.5, 0.6) is 0 Å². The van der Waals surface area contributed by atoms with Crippen molar-refractivity contribution in [2.24, 2.45) is 0 Å². The van der Waals surface area contributed by atoms with Gasteiger partial charge in [-0.15, -0.1) is 0 Å². The number of carboxylic acids is 1. The molecule has 2 N–H and O–H groups in total. The van der Waals surface area contributed by atoms with Crippen molar-refractivity contribution in [3.05, 3.63) is 88.6 Å². The van der Waals surface area contributed by atoms with E-state index in [0.717, 1.165) is 17.5 Å². The molecule has 0 aliphatic carbocycles. The molecule has 0 saturated heterocycles. The second-order valence-corrected chi connectivity index (χ2v) is 8.86. The second-order valence-electron chi connectivity index (χ2n) is 8.43. The molecule has 4 aromatic rings. The van der Waals surface area contributed by atoms with Gasteiger partial charge in [-0.3, -0.25) is 14.6 Å². The second kappa shape index (κ2) is 11.2. The summed E-state index contributed by atoms with van der Waals surface area (Å²) in [6.07, 6.45) is 2.89. The Kier molecular flexibility index (Phi) is 7.85. The fraction of sp³-hybridized carbons (Fsp3) is 0.222. The summed E-state index contributed by atoms with van der Waals surface area (Å²) in [5.74, 6) is -1.59. The average Bonchev–Trinajstić information content (AvgIpc) is 2.86. The number of carbonyl (C=O) groups is 2. The molecule has 1 atom stereocenters. The van der Waals surface area contributed by atoms with Crippen LogP contribution in [0.15, 0.2) is 60.8 Å². The molecule has 184 valence electrons. The molecule has 0 aliphatic rings. The van der Waals surface area contributed by atoms with Gasteiger partial charge in [0.1, 0.15) is 5.82 Å². The Balaban J connectivity index is 1.62. The number of halogens is 2. The Bertz CT molecular complexity index is 1400. The smallest absolute Gasteiger partial charge is 0.303 e. The van der Waals surface area contributed by atoms with Crippen molar-refractivity contribution in [2.75, 3.05) is 0 Å². The quantitative estimate of drug-likeness (QED) is 0.279. The highest BCUT2D eigenvalue weighted by Crippen LogP contribution is 2.27. The number of aliphatic carboxylic acids is 1. The largest absolute Gasteiger partial charge is 0.481 e. The number of hydrogen-bond acceptors (Lipinski definition) is 5. The summed E-state index contributed by atoms with van der Waals surface area (Å²) < 4.78 is 13.2. The minimum Gasteiger partial charge on any atom is -0.481 e. The number of unbranched alkanes of at least 4 members (excludes halogenated alkanes) is 1. The average molecular weight is 507 g/mol. The maximum Gasteiger partial charge on any atom is 0.303 e. The molecule has 0 spiro atoms. The van der Waals surface area contributed by atoms with Gasteiger partial charge in [-0.1, -0.05) is 23.7 Å². The van der Waals surface area contributed by atoms with E-state index in [9.17, 15) is 14.0 Å². The number of hydrogen-bond donors (Lipinski definition) is 2. The Morgan fingerprint density at radius 1 is 1.03 bits per heavy atom. The Hall–Kier alpha value is -3.91. The summed E-state index contributed by atoms with van der Waals surface area (Å²) in [4.78, 5) is 37.4. The number of fused-ring (bicyclic) bond motifs is 1. The molecule has 9 heteroatoms. The monoisotopic (exact) mass is 506 g/mol. The van der Waals surface area contributed by atoms with Gasteiger partial charge in [0, 0.05) is 22.6 Å². The van der Waals surface area contributed by atoms with E-state index in [-0.39, 0.29) is 12.3 Å². The van der Waals surface area contributed by atoms with Gasteiger partial charge in [-0.2, -0.15) is 0 Å². The molecule has 2 aromatic heterocycles. The Labute approximate surface area is 212 Å². The Morgan fingerprint density at radius 3 is 2.50 bits per heavy atom. The first-order valence-electron chi connectivity index (χ1n) is 11.5. The highest BCUT2D eigenvalue weighted by atomic mass is 35.5. The van der Waals surface area contributed by atoms with E-state index in [4.69, 9.17) is 26.7 Å². The maximum atomic E-state index is 13.2. The van der Waals surface area contributed by atoms with Gasteiger partial charge >= 0.3 is 5.97 Å². The minimum absolute atomic E-state index is 0.0860. The molecule has 4 rings (SSSR count). The summed E-state index contributed by atoms with van der Waals surface area (Å²) in [6.45, 7) is 1.77. The van der Waals surface area contributed by atoms with Crippen molar-refractivity contribution in [1.82, 2.24) is 20.3 Å². The van der Waals surface area contributed by atoms with Gasteiger partial charge in [0.2, 0.25) is 0 Å². The summed E-state index contributed by atoms with van der Waals surface area (Å²) >= 11 is 6.04. The summed E-state index contributed by atoms with van der Waals surface area (Å²) in [6, 6.07) is 14.8. The first kappa shape index (κ1) is 25.2. The van der Waals surface area contributed by atoms with Crippen molar-refractivity contribution in [3.63, 3.8) is 0 Å². The van der Waals surface area contributed by atoms with Crippen LogP contribution in [-0.4, -0.2) is 31.9 Å². The number of carboxylic acid groups (broad SMARTS) is 1. The van der Waals surface area contributed by atoms with Crippen LogP contribution >= 0.6 is 11.6 Å². The van der Waals surface area contributed by atoms with Crippen molar-refractivity contribution >= 4 is 34.5 Å². The number of benzene rings is 2. The third-order valence-electron chi connectivity index (χ3n) is 5.71. The van der Waals surface area contributed by atoms with Crippen LogP contribution in [-0.2, 0) is 11.2 Å². The number of aromatic nitrogens is 3. The standard InChI is InChI=1S/C27H24ClFN4O3/c1-16(21-13-11-20(29)15-30-21)31-27(36)18-8-12-22-24(14-18)32-23(4-2-3-5-25(34)35)26(33-22)17-6-9-19(28)10-7-17/h6-16H,2-5H2,1H3,(H,31,36)(H,34,35). The van der Waals surface area contributed by atoms with Crippen LogP contribution in [0.25, 0.3) is 22.3 Å². The molecule has 0 aliphatic heterocycles. The number of nitrogens with one attached hydrogen (secondary N) is 1. The summed E-state index contributed by atoms with van der Waals surface area (Å²) in [5, 5.41) is 12.4. The van der Waals surface area contributed by atoms with Crippen LogP contribution in [0.3, 0.4) is 0 Å². The zero-order chi connectivity index (χ0) is 25.7. The lowest BCUT2D eigenvalue weighted by Gasteiger charge is -2.14.